The Bertz CT molecular complexity index is 647. The largest absolute Gasteiger partial charge is 0.493 e. The molecule has 0 spiro atoms. The molecule has 1 aliphatic rings. The van der Waals surface area contributed by atoms with Crippen molar-refractivity contribution in [3.8, 4) is 5.75 Å². The van der Waals surface area contributed by atoms with Crippen LogP contribution in [-0.4, -0.2) is 30.5 Å². The normalized spacial score (nSPS) is 15.3. The quantitative estimate of drug-likeness (QED) is 0.919. The summed E-state index contributed by atoms with van der Waals surface area (Å²) in [7, 11) is 0. The number of hydrogen-bond donors (Lipinski definition) is 1. The van der Waals surface area contributed by atoms with Gasteiger partial charge in [-0.25, -0.2) is 0 Å². The van der Waals surface area contributed by atoms with Crippen LogP contribution in [0.1, 0.15) is 28.8 Å². The first-order valence-corrected chi connectivity index (χ1v) is 8.52. The van der Waals surface area contributed by atoms with Gasteiger partial charge in [-0.15, -0.1) is 0 Å². The van der Waals surface area contributed by atoms with Gasteiger partial charge in [0.05, 0.1) is 6.61 Å². The number of likely N-dealkylation sites (tertiary alicyclic amines) is 1. The van der Waals surface area contributed by atoms with Crippen LogP contribution in [0.3, 0.4) is 0 Å². The van der Waals surface area contributed by atoms with Crippen LogP contribution in [0.4, 0.5) is 0 Å². The van der Waals surface area contributed by atoms with Crippen LogP contribution in [-0.2, 0) is 6.54 Å². The number of rotatable bonds is 5. The Kier molecular flexibility index (Phi) is 5.49. The van der Waals surface area contributed by atoms with Gasteiger partial charge in [0.1, 0.15) is 5.75 Å². The molecule has 2 aromatic rings. The maximum atomic E-state index is 12.5. The molecule has 4 heteroatoms. The number of para-hydroxylation sites is 1. The molecule has 4 nitrogen and oxygen atoms in total. The Hall–Kier alpha value is -2.33. The zero-order valence-corrected chi connectivity index (χ0v) is 13.9. The van der Waals surface area contributed by atoms with E-state index in [9.17, 15) is 4.79 Å². The second-order valence-electron chi connectivity index (χ2n) is 6.26. The summed E-state index contributed by atoms with van der Waals surface area (Å²) < 4.78 is 5.84. The first-order chi connectivity index (χ1) is 11.8. The third-order valence-electron chi connectivity index (χ3n) is 4.57. The first-order valence-electron chi connectivity index (χ1n) is 8.52. The predicted octanol–water partition coefficient (Wildman–Crippen LogP) is 3.08. The summed E-state index contributed by atoms with van der Waals surface area (Å²) in [6.07, 6.45) is 1.97. The zero-order valence-electron chi connectivity index (χ0n) is 13.9. The average molecular weight is 324 g/mol. The van der Waals surface area contributed by atoms with Gasteiger partial charge < -0.3 is 15.4 Å². The maximum Gasteiger partial charge on any atom is 0.253 e. The van der Waals surface area contributed by atoms with Gasteiger partial charge in [-0.1, -0.05) is 30.3 Å². The lowest BCUT2D eigenvalue weighted by Crippen LogP contribution is -2.39. The third-order valence-corrected chi connectivity index (χ3v) is 4.57. The van der Waals surface area contributed by atoms with E-state index in [0.29, 0.717) is 12.5 Å². The Labute approximate surface area is 143 Å². The highest BCUT2D eigenvalue weighted by Gasteiger charge is 2.24. The van der Waals surface area contributed by atoms with E-state index >= 15 is 0 Å². The molecule has 126 valence electrons. The topological polar surface area (TPSA) is 55.6 Å². The fraction of sp³-hybridized carbons (Fsp3) is 0.350. The Morgan fingerprint density at radius 2 is 1.71 bits per heavy atom. The van der Waals surface area contributed by atoms with Gasteiger partial charge in [0.25, 0.3) is 5.91 Å². The highest BCUT2D eigenvalue weighted by Crippen LogP contribution is 2.21. The van der Waals surface area contributed by atoms with Crippen LogP contribution in [0.2, 0.25) is 0 Å². The zero-order chi connectivity index (χ0) is 16.8. The molecule has 1 aliphatic heterocycles. The molecule has 1 saturated heterocycles. The van der Waals surface area contributed by atoms with Crippen molar-refractivity contribution in [3.05, 3.63) is 65.7 Å². The summed E-state index contributed by atoms with van der Waals surface area (Å²) in [5.74, 6) is 1.53. The summed E-state index contributed by atoms with van der Waals surface area (Å²) in [4.78, 5) is 14.5. The molecule has 24 heavy (non-hydrogen) atoms. The number of carbonyl (C=O) groups excluding carboxylic acids is 1. The number of nitrogens with two attached hydrogens (primary N) is 1. The van der Waals surface area contributed by atoms with E-state index in [2.05, 4.69) is 0 Å². The lowest BCUT2D eigenvalue weighted by Gasteiger charge is -2.32. The molecule has 1 amide bonds. The monoisotopic (exact) mass is 324 g/mol. The molecule has 0 atom stereocenters. The lowest BCUT2D eigenvalue weighted by molar-refractivity contribution is 0.0661. The fourth-order valence-electron chi connectivity index (χ4n) is 3.00. The van der Waals surface area contributed by atoms with E-state index in [0.717, 1.165) is 49.4 Å². The van der Waals surface area contributed by atoms with Gasteiger partial charge >= 0.3 is 0 Å². The minimum Gasteiger partial charge on any atom is -0.493 e. The van der Waals surface area contributed by atoms with E-state index in [1.165, 1.54) is 0 Å². The van der Waals surface area contributed by atoms with E-state index in [-0.39, 0.29) is 5.91 Å². The van der Waals surface area contributed by atoms with Crippen molar-refractivity contribution < 1.29 is 9.53 Å². The minimum absolute atomic E-state index is 0.112. The third kappa shape index (κ3) is 4.15. The van der Waals surface area contributed by atoms with E-state index < -0.39 is 0 Å². The molecular formula is C20H24N2O2. The fourth-order valence-corrected chi connectivity index (χ4v) is 3.00. The van der Waals surface area contributed by atoms with Crippen LogP contribution < -0.4 is 10.5 Å². The molecule has 0 saturated carbocycles. The molecular weight excluding hydrogens is 300 g/mol. The Balaban J connectivity index is 1.48. The molecule has 0 radical (unpaired) electrons. The number of piperidine rings is 1. The summed E-state index contributed by atoms with van der Waals surface area (Å²) >= 11 is 0. The van der Waals surface area contributed by atoms with Crippen molar-refractivity contribution >= 4 is 5.91 Å². The molecule has 1 fully saturated rings. The smallest absolute Gasteiger partial charge is 0.253 e. The predicted molar refractivity (Wildman–Crippen MR) is 94.9 cm³/mol. The van der Waals surface area contributed by atoms with Crippen LogP contribution in [0.15, 0.2) is 54.6 Å². The van der Waals surface area contributed by atoms with Crippen molar-refractivity contribution in [1.29, 1.82) is 0 Å². The van der Waals surface area contributed by atoms with Crippen molar-refractivity contribution in [2.75, 3.05) is 19.7 Å². The molecule has 0 aliphatic carbocycles. The van der Waals surface area contributed by atoms with Gasteiger partial charge in [0, 0.05) is 25.2 Å². The van der Waals surface area contributed by atoms with Crippen molar-refractivity contribution in [1.82, 2.24) is 4.90 Å². The second-order valence-corrected chi connectivity index (χ2v) is 6.26. The summed E-state index contributed by atoms with van der Waals surface area (Å²) in [6, 6.07) is 17.5. The van der Waals surface area contributed by atoms with Crippen molar-refractivity contribution in [3.63, 3.8) is 0 Å². The van der Waals surface area contributed by atoms with Gasteiger partial charge in [-0.2, -0.15) is 0 Å². The maximum absolute atomic E-state index is 12.5. The first kappa shape index (κ1) is 16.5. The van der Waals surface area contributed by atoms with Gasteiger partial charge in [0.2, 0.25) is 0 Å². The molecule has 0 unspecified atom stereocenters. The summed E-state index contributed by atoms with van der Waals surface area (Å²) in [5.41, 5.74) is 7.38. The molecule has 0 bridgehead atoms. The molecule has 2 aromatic carbocycles. The number of ether oxygens (including phenoxy) is 1. The van der Waals surface area contributed by atoms with E-state index in [1.807, 2.05) is 59.5 Å². The van der Waals surface area contributed by atoms with Gasteiger partial charge in [0.15, 0.2) is 0 Å². The molecule has 3 rings (SSSR count). The highest BCUT2D eigenvalue weighted by atomic mass is 16.5. The van der Waals surface area contributed by atoms with Crippen LogP contribution >= 0.6 is 0 Å². The Morgan fingerprint density at radius 1 is 1.04 bits per heavy atom. The van der Waals surface area contributed by atoms with Crippen LogP contribution in [0.5, 0.6) is 5.75 Å². The van der Waals surface area contributed by atoms with Gasteiger partial charge in [-0.05, 0) is 48.6 Å². The molecule has 1 heterocycles. The Morgan fingerprint density at radius 3 is 2.33 bits per heavy atom. The van der Waals surface area contributed by atoms with E-state index in [4.69, 9.17) is 10.5 Å². The average Bonchev–Trinajstić information content (AvgIpc) is 2.67. The number of benzene rings is 2. The SMILES string of the molecule is NCc1ccc(C(=O)N2CCC(COc3ccccc3)CC2)cc1. The highest BCUT2D eigenvalue weighted by molar-refractivity contribution is 5.94. The number of hydrogen-bond acceptors (Lipinski definition) is 3. The summed E-state index contributed by atoms with van der Waals surface area (Å²) in [6.45, 7) is 2.80. The standard InChI is InChI=1S/C20H24N2O2/c21-14-16-6-8-18(9-7-16)20(23)22-12-10-17(11-13-22)15-24-19-4-2-1-3-5-19/h1-9,17H,10-15,21H2. The van der Waals surface area contributed by atoms with E-state index in [1.54, 1.807) is 0 Å². The van der Waals surface area contributed by atoms with Crippen LogP contribution in [0, 0.1) is 5.92 Å². The van der Waals surface area contributed by atoms with Crippen molar-refractivity contribution in [2.45, 2.75) is 19.4 Å². The minimum atomic E-state index is 0.112. The molecule has 2 N–H and O–H groups in total. The van der Waals surface area contributed by atoms with Crippen molar-refractivity contribution in [2.24, 2.45) is 11.7 Å². The molecule has 0 aromatic heterocycles. The summed E-state index contributed by atoms with van der Waals surface area (Å²) in [5, 5.41) is 0. The van der Waals surface area contributed by atoms with Crippen LogP contribution in [0.25, 0.3) is 0 Å². The van der Waals surface area contributed by atoms with Gasteiger partial charge in [-0.3, -0.25) is 4.79 Å². The lowest BCUT2D eigenvalue weighted by atomic mass is 9.97. The number of carbonyl (C=O) groups is 1. The number of nitrogens with zero attached hydrogens (tertiary/aromatic N) is 1. The number of amides is 1. The second kappa shape index (κ2) is 7.97.